The first-order valence-electron chi connectivity index (χ1n) is 16.3. The van der Waals surface area contributed by atoms with Crippen LogP contribution in [0, 0.1) is 0 Å². The minimum Gasteiger partial charge on any atom is -0.460 e. The molecule has 1 atom stereocenters. The molecular formula is C43H31N3O. The molecule has 9 rings (SSSR count). The summed E-state index contributed by atoms with van der Waals surface area (Å²) >= 11 is 0. The first kappa shape index (κ1) is 27.4. The van der Waals surface area contributed by atoms with E-state index in [-0.39, 0.29) is 5.92 Å². The van der Waals surface area contributed by atoms with Crippen molar-refractivity contribution in [2.75, 3.05) is 0 Å². The Balaban J connectivity index is 1.24. The van der Waals surface area contributed by atoms with E-state index < -0.39 is 0 Å². The Morgan fingerprint density at radius 3 is 2.13 bits per heavy atom. The highest BCUT2D eigenvalue weighted by Crippen LogP contribution is 2.44. The van der Waals surface area contributed by atoms with Crippen molar-refractivity contribution in [2.24, 2.45) is 0 Å². The van der Waals surface area contributed by atoms with Crippen molar-refractivity contribution in [2.45, 2.75) is 25.2 Å². The third kappa shape index (κ3) is 4.99. The summed E-state index contributed by atoms with van der Waals surface area (Å²) in [7, 11) is 0. The van der Waals surface area contributed by atoms with Gasteiger partial charge in [0, 0.05) is 40.0 Å². The third-order valence-corrected chi connectivity index (χ3v) is 9.31. The molecule has 0 saturated heterocycles. The predicted octanol–water partition coefficient (Wildman–Crippen LogP) is 10.6. The average Bonchev–Trinajstić information content (AvgIpc) is 3.53. The molecule has 47 heavy (non-hydrogen) atoms. The molecule has 2 aromatic heterocycles. The van der Waals surface area contributed by atoms with Crippen LogP contribution in [0.15, 0.2) is 150 Å². The lowest BCUT2D eigenvalue weighted by Crippen LogP contribution is -2.12. The summed E-state index contributed by atoms with van der Waals surface area (Å²) in [6.45, 7) is 0. The van der Waals surface area contributed by atoms with E-state index >= 15 is 0 Å². The van der Waals surface area contributed by atoms with Crippen molar-refractivity contribution in [3.8, 4) is 22.5 Å². The highest BCUT2D eigenvalue weighted by Gasteiger charge is 2.30. The molecule has 2 heterocycles. The molecule has 0 N–H and O–H groups in total. The van der Waals surface area contributed by atoms with Gasteiger partial charge >= 0.3 is 0 Å². The molecule has 4 nitrogen and oxygen atoms in total. The second-order valence-corrected chi connectivity index (χ2v) is 12.2. The van der Waals surface area contributed by atoms with Gasteiger partial charge in [0.25, 0.3) is 0 Å². The van der Waals surface area contributed by atoms with Gasteiger partial charge < -0.3 is 4.42 Å². The van der Waals surface area contributed by atoms with Gasteiger partial charge in [-0.1, -0.05) is 140 Å². The lowest BCUT2D eigenvalue weighted by atomic mass is 9.82. The molecule has 5 aromatic carbocycles. The standard InChI is InChI=1S/C43H31N3O/c1-3-12-28(13-4-1)29-22-24-32(25-23-29)42-44-41(31-15-5-2-6-16-31)45-43(46-42)37-26-33(35-20-11-17-30-14-7-8-18-34(30)35)27-39-40(37)36-19-9-10-21-38(36)47-39/h1,3-5,7-26,33H,2,6,27H2. The first-order valence-corrected chi connectivity index (χ1v) is 16.3. The van der Waals surface area contributed by atoms with Crippen LogP contribution >= 0.6 is 0 Å². The average molecular weight is 606 g/mol. The van der Waals surface area contributed by atoms with E-state index in [1.165, 1.54) is 21.9 Å². The molecule has 4 heteroatoms. The number of aromatic nitrogens is 3. The molecule has 1 unspecified atom stereocenters. The van der Waals surface area contributed by atoms with Crippen LogP contribution in [0.5, 0.6) is 0 Å². The lowest BCUT2D eigenvalue weighted by molar-refractivity contribution is 0.532. The second-order valence-electron chi connectivity index (χ2n) is 12.2. The van der Waals surface area contributed by atoms with Crippen molar-refractivity contribution >= 4 is 32.9 Å². The number of fused-ring (bicyclic) bond motifs is 4. The normalized spacial score (nSPS) is 15.8. The molecule has 0 radical (unpaired) electrons. The number of rotatable bonds is 5. The molecule has 0 aliphatic heterocycles. The minimum atomic E-state index is 0.0896. The monoisotopic (exact) mass is 605 g/mol. The van der Waals surface area contributed by atoms with Crippen LogP contribution in [0.1, 0.15) is 47.3 Å². The van der Waals surface area contributed by atoms with Crippen molar-refractivity contribution in [1.82, 2.24) is 15.0 Å². The zero-order valence-corrected chi connectivity index (χ0v) is 25.8. The van der Waals surface area contributed by atoms with Crippen molar-refractivity contribution in [3.05, 3.63) is 174 Å². The number of allylic oxidation sites excluding steroid dienone is 5. The molecule has 2 aliphatic rings. The van der Waals surface area contributed by atoms with Crippen LogP contribution in [0.4, 0.5) is 0 Å². The van der Waals surface area contributed by atoms with E-state index in [2.05, 4.69) is 127 Å². The molecule has 0 fully saturated rings. The van der Waals surface area contributed by atoms with E-state index in [4.69, 9.17) is 19.4 Å². The summed E-state index contributed by atoms with van der Waals surface area (Å²) in [4.78, 5) is 15.5. The van der Waals surface area contributed by atoms with E-state index in [1.807, 2.05) is 18.2 Å². The largest absolute Gasteiger partial charge is 0.460 e. The fourth-order valence-electron chi connectivity index (χ4n) is 7.01. The Morgan fingerprint density at radius 2 is 1.28 bits per heavy atom. The summed E-state index contributed by atoms with van der Waals surface area (Å²) < 4.78 is 6.59. The maximum absolute atomic E-state index is 6.59. The molecule has 0 spiro atoms. The molecule has 0 amide bonds. The van der Waals surface area contributed by atoms with E-state index in [1.54, 1.807) is 0 Å². The maximum Gasteiger partial charge on any atom is 0.164 e. The molecule has 224 valence electrons. The van der Waals surface area contributed by atoms with E-state index in [0.29, 0.717) is 17.5 Å². The third-order valence-electron chi connectivity index (χ3n) is 9.31. The molecule has 2 aliphatic carbocycles. The van der Waals surface area contributed by atoms with E-state index in [0.717, 1.165) is 63.8 Å². The Labute approximate surface area is 273 Å². The van der Waals surface area contributed by atoms with Gasteiger partial charge in [-0.25, -0.2) is 15.0 Å². The Bertz CT molecular complexity index is 2370. The fraction of sp³-hybridized carbons (Fsp3) is 0.0930. The van der Waals surface area contributed by atoms with Gasteiger partial charge in [-0.3, -0.25) is 0 Å². The zero-order valence-electron chi connectivity index (χ0n) is 25.8. The zero-order chi connectivity index (χ0) is 31.2. The Hall–Kier alpha value is -5.87. The lowest BCUT2D eigenvalue weighted by Gasteiger charge is -2.22. The minimum absolute atomic E-state index is 0.0896. The summed E-state index contributed by atoms with van der Waals surface area (Å²) in [6, 6.07) is 42.4. The maximum atomic E-state index is 6.59. The van der Waals surface area contributed by atoms with E-state index in [9.17, 15) is 0 Å². The molecular weight excluding hydrogens is 574 g/mol. The van der Waals surface area contributed by atoms with Gasteiger partial charge in [0.1, 0.15) is 11.3 Å². The highest BCUT2D eigenvalue weighted by atomic mass is 16.3. The summed E-state index contributed by atoms with van der Waals surface area (Å²) in [5.74, 6) is 3.07. The number of hydrogen-bond acceptors (Lipinski definition) is 4. The van der Waals surface area contributed by atoms with Gasteiger partial charge in [0.2, 0.25) is 0 Å². The predicted molar refractivity (Wildman–Crippen MR) is 191 cm³/mol. The van der Waals surface area contributed by atoms with Crippen LogP contribution in [-0.2, 0) is 6.42 Å². The van der Waals surface area contributed by atoms with Crippen LogP contribution < -0.4 is 0 Å². The van der Waals surface area contributed by atoms with Gasteiger partial charge in [-0.05, 0) is 46.4 Å². The second kappa shape index (κ2) is 11.5. The van der Waals surface area contributed by atoms with Gasteiger partial charge in [0.05, 0.1) is 0 Å². The molecule has 7 aromatic rings. The van der Waals surface area contributed by atoms with Crippen molar-refractivity contribution in [3.63, 3.8) is 0 Å². The van der Waals surface area contributed by atoms with Crippen LogP contribution in [-0.4, -0.2) is 15.0 Å². The summed E-state index contributed by atoms with van der Waals surface area (Å²) in [5.41, 5.74) is 8.54. The highest BCUT2D eigenvalue weighted by molar-refractivity contribution is 5.98. The number of para-hydroxylation sites is 1. The first-order chi connectivity index (χ1) is 23.3. The molecule has 0 saturated carbocycles. The number of benzene rings is 5. The topological polar surface area (TPSA) is 51.8 Å². The van der Waals surface area contributed by atoms with Crippen molar-refractivity contribution in [1.29, 1.82) is 0 Å². The van der Waals surface area contributed by atoms with Gasteiger partial charge in [-0.15, -0.1) is 0 Å². The van der Waals surface area contributed by atoms with Gasteiger partial charge in [-0.2, -0.15) is 0 Å². The summed E-state index contributed by atoms with van der Waals surface area (Å²) in [5, 5.41) is 3.57. The Kier molecular flexibility index (Phi) is 6.71. The SMILES string of the molecule is C1=CC(c2nc(C3=CC(c4cccc5ccccc45)Cc4oc5ccccc5c43)nc(-c3ccc(-c4ccccc4)cc3)n2)=CCC1. The van der Waals surface area contributed by atoms with Crippen LogP contribution in [0.25, 0.3) is 55.4 Å². The fourth-order valence-corrected chi connectivity index (χ4v) is 7.01. The number of nitrogens with zero attached hydrogens (tertiary/aromatic N) is 3. The summed E-state index contributed by atoms with van der Waals surface area (Å²) in [6.07, 6.45) is 11.7. The van der Waals surface area contributed by atoms with Crippen LogP contribution in [0.3, 0.4) is 0 Å². The number of furan rings is 1. The van der Waals surface area contributed by atoms with Crippen LogP contribution in [0.2, 0.25) is 0 Å². The molecule has 0 bridgehead atoms. The van der Waals surface area contributed by atoms with Gasteiger partial charge in [0.15, 0.2) is 17.5 Å². The Morgan fingerprint density at radius 1 is 0.574 bits per heavy atom. The smallest absolute Gasteiger partial charge is 0.164 e. The van der Waals surface area contributed by atoms with Crippen molar-refractivity contribution < 1.29 is 4.42 Å². The number of hydrogen-bond donors (Lipinski definition) is 0. The quantitative estimate of drug-likeness (QED) is 0.196.